The molecule has 4 heteroatoms. The van der Waals surface area contributed by atoms with E-state index in [2.05, 4.69) is 15.9 Å². The number of alkyl halides is 4. The van der Waals surface area contributed by atoms with Gasteiger partial charge in [0.05, 0.1) is 5.56 Å². The van der Waals surface area contributed by atoms with Gasteiger partial charge in [0.1, 0.15) is 0 Å². The summed E-state index contributed by atoms with van der Waals surface area (Å²) in [4.78, 5) is 0.214. The number of hydrogen-bond donors (Lipinski definition) is 0. The second-order valence-electron chi connectivity index (χ2n) is 3.44. The normalized spacial score (nSPS) is 26.3. The van der Waals surface area contributed by atoms with E-state index in [4.69, 9.17) is 0 Å². The zero-order chi connectivity index (χ0) is 10.3. The van der Waals surface area contributed by atoms with Crippen LogP contribution >= 0.6 is 15.9 Å². The zero-order valence-corrected chi connectivity index (χ0v) is 8.77. The molecule has 2 atom stereocenters. The quantitative estimate of drug-likeness (QED) is 0.674. The minimum absolute atomic E-state index is 0.0350. The monoisotopic (exact) mass is 264 g/mol. The van der Waals surface area contributed by atoms with Crippen LogP contribution in [-0.2, 0) is 6.18 Å². The van der Waals surface area contributed by atoms with Crippen LogP contribution in [0.15, 0.2) is 24.3 Å². The first-order valence-corrected chi connectivity index (χ1v) is 5.22. The van der Waals surface area contributed by atoms with Crippen molar-refractivity contribution in [3.8, 4) is 0 Å². The minimum Gasteiger partial charge on any atom is -0.166 e. The summed E-state index contributed by atoms with van der Waals surface area (Å²) in [6.07, 6.45) is -3.43. The van der Waals surface area contributed by atoms with Crippen LogP contribution in [0.5, 0.6) is 0 Å². The van der Waals surface area contributed by atoms with Crippen molar-refractivity contribution in [2.75, 3.05) is 0 Å². The van der Waals surface area contributed by atoms with Crippen LogP contribution in [0, 0.1) is 0 Å². The smallest absolute Gasteiger partial charge is 0.166 e. The first-order valence-electron chi connectivity index (χ1n) is 4.30. The van der Waals surface area contributed by atoms with E-state index in [0.717, 1.165) is 12.5 Å². The second-order valence-corrected chi connectivity index (χ2v) is 4.62. The van der Waals surface area contributed by atoms with Gasteiger partial charge in [-0.25, -0.2) is 0 Å². The Bertz CT molecular complexity index is 345. The highest BCUT2D eigenvalue weighted by Gasteiger charge is 2.42. The van der Waals surface area contributed by atoms with E-state index in [-0.39, 0.29) is 10.7 Å². The molecule has 1 aliphatic rings. The molecule has 1 saturated carbocycles. The molecule has 0 unspecified atom stereocenters. The van der Waals surface area contributed by atoms with Crippen molar-refractivity contribution >= 4 is 15.9 Å². The number of rotatable bonds is 1. The predicted octanol–water partition coefficient (Wildman–Crippen LogP) is 3.96. The molecule has 14 heavy (non-hydrogen) atoms. The molecule has 0 aromatic heterocycles. The lowest BCUT2D eigenvalue weighted by molar-refractivity contribution is -0.138. The van der Waals surface area contributed by atoms with Crippen molar-refractivity contribution in [3.63, 3.8) is 0 Å². The first kappa shape index (κ1) is 10.0. The van der Waals surface area contributed by atoms with Crippen LogP contribution in [-0.4, -0.2) is 4.83 Å². The molecule has 0 bridgehead atoms. The van der Waals surface area contributed by atoms with E-state index < -0.39 is 11.7 Å². The molecule has 0 radical (unpaired) electrons. The van der Waals surface area contributed by atoms with E-state index in [9.17, 15) is 13.2 Å². The van der Waals surface area contributed by atoms with Gasteiger partial charge in [-0.2, -0.15) is 13.2 Å². The summed E-state index contributed by atoms with van der Waals surface area (Å²) in [7, 11) is 0. The van der Waals surface area contributed by atoms with Crippen LogP contribution in [0.4, 0.5) is 13.2 Å². The van der Waals surface area contributed by atoms with Gasteiger partial charge in [0, 0.05) is 4.83 Å². The molecule has 0 aliphatic heterocycles. The largest absolute Gasteiger partial charge is 0.416 e. The summed E-state index contributed by atoms with van der Waals surface area (Å²) in [5, 5.41) is 0. The van der Waals surface area contributed by atoms with Gasteiger partial charge in [-0.3, -0.25) is 0 Å². The molecule has 1 fully saturated rings. The Hall–Kier alpha value is -0.510. The molecule has 76 valence electrons. The molecule has 1 aromatic carbocycles. The molecule has 0 heterocycles. The molecule has 0 spiro atoms. The summed E-state index contributed by atoms with van der Waals surface area (Å²) < 4.78 is 37.6. The van der Waals surface area contributed by atoms with Crippen LogP contribution in [0.3, 0.4) is 0 Å². The van der Waals surface area contributed by atoms with E-state index in [1.165, 1.54) is 6.07 Å². The van der Waals surface area contributed by atoms with Crippen molar-refractivity contribution in [1.82, 2.24) is 0 Å². The van der Waals surface area contributed by atoms with Gasteiger partial charge >= 0.3 is 6.18 Å². The Balaban J connectivity index is 2.39. The Kier molecular flexibility index (Phi) is 2.33. The Labute approximate surface area is 88.2 Å². The summed E-state index contributed by atoms with van der Waals surface area (Å²) in [5.41, 5.74) is -0.0752. The van der Waals surface area contributed by atoms with Gasteiger partial charge in [0.2, 0.25) is 0 Å². The third kappa shape index (κ3) is 1.80. The van der Waals surface area contributed by atoms with Gasteiger partial charge in [-0.05, 0) is 24.0 Å². The second kappa shape index (κ2) is 3.26. The maximum Gasteiger partial charge on any atom is 0.416 e. The third-order valence-electron chi connectivity index (χ3n) is 2.38. The fourth-order valence-electron chi connectivity index (χ4n) is 1.56. The maximum absolute atomic E-state index is 12.5. The zero-order valence-electron chi connectivity index (χ0n) is 7.18. The van der Waals surface area contributed by atoms with Crippen molar-refractivity contribution in [2.45, 2.75) is 23.3 Å². The first-order chi connectivity index (χ1) is 6.50. The van der Waals surface area contributed by atoms with Gasteiger partial charge in [-0.1, -0.05) is 34.1 Å². The molecule has 0 nitrogen and oxygen atoms in total. The summed E-state index contributed by atoms with van der Waals surface area (Å²) in [6.45, 7) is 0. The van der Waals surface area contributed by atoms with Gasteiger partial charge in [0.15, 0.2) is 0 Å². The van der Waals surface area contributed by atoms with Gasteiger partial charge in [-0.15, -0.1) is 0 Å². The lowest BCUT2D eigenvalue weighted by Crippen LogP contribution is -2.08. The van der Waals surface area contributed by atoms with Crippen molar-refractivity contribution in [1.29, 1.82) is 0 Å². The lowest BCUT2D eigenvalue weighted by Gasteiger charge is -2.11. The predicted molar refractivity (Wildman–Crippen MR) is 51.5 cm³/mol. The lowest BCUT2D eigenvalue weighted by atomic mass is 10.0. The third-order valence-corrected chi connectivity index (χ3v) is 3.39. The highest BCUT2D eigenvalue weighted by Crippen LogP contribution is 2.49. The van der Waals surface area contributed by atoms with Crippen molar-refractivity contribution in [3.05, 3.63) is 35.4 Å². The number of hydrogen-bond acceptors (Lipinski definition) is 0. The van der Waals surface area contributed by atoms with E-state index in [0.29, 0.717) is 5.56 Å². The van der Waals surface area contributed by atoms with Crippen LogP contribution in [0.25, 0.3) is 0 Å². The fraction of sp³-hybridized carbons (Fsp3) is 0.400. The van der Waals surface area contributed by atoms with Crippen LogP contribution < -0.4 is 0 Å². The molecule has 1 aliphatic carbocycles. The topological polar surface area (TPSA) is 0 Å². The average Bonchev–Trinajstić information content (AvgIpc) is 2.81. The Morgan fingerprint density at radius 2 is 1.79 bits per heavy atom. The summed E-state index contributed by atoms with van der Waals surface area (Å²) in [5.74, 6) is 0.0350. The molecular formula is C10H8BrF3. The van der Waals surface area contributed by atoms with Crippen molar-refractivity contribution in [2.24, 2.45) is 0 Å². The molecule has 2 rings (SSSR count). The number of halogens is 4. The summed E-state index contributed by atoms with van der Waals surface area (Å²) >= 11 is 3.32. The summed E-state index contributed by atoms with van der Waals surface area (Å²) in [6, 6.07) is 5.79. The standard InChI is InChI=1S/C10H8BrF3/c11-9-5-7(9)6-3-1-2-4-8(6)10(12,13)14/h1-4,7,9H,5H2/t7-,9+/m0/s1. The Morgan fingerprint density at radius 1 is 1.21 bits per heavy atom. The highest BCUT2D eigenvalue weighted by molar-refractivity contribution is 9.09. The van der Waals surface area contributed by atoms with Crippen LogP contribution in [0.1, 0.15) is 23.5 Å². The molecular weight excluding hydrogens is 257 g/mol. The minimum atomic E-state index is -4.23. The van der Waals surface area contributed by atoms with E-state index in [1.807, 2.05) is 0 Å². The van der Waals surface area contributed by atoms with Gasteiger partial charge < -0.3 is 0 Å². The number of benzene rings is 1. The van der Waals surface area contributed by atoms with Crippen LogP contribution in [0.2, 0.25) is 0 Å². The molecule has 0 amide bonds. The van der Waals surface area contributed by atoms with E-state index in [1.54, 1.807) is 12.1 Å². The SMILES string of the molecule is FC(F)(F)c1ccccc1[C@@H]1C[C@H]1Br. The molecule has 1 aromatic rings. The molecule has 0 N–H and O–H groups in total. The van der Waals surface area contributed by atoms with Gasteiger partial charge in [0.25, 0.3) is 0 Å². The Morgan fingerprint density at radius 3 is 2.29 bits per heavy atom. The average molecular weight is 265 g/mol. The van der Waals surface area contributed by atoms with E-state index >= 15 is 0 Å². The van der Waals surface area contributed by atoms with Crippen molar-refractivity contribution < 1.29 is 13.2 Å². The molecule has 0 saturated heterocycles. The maximum atomic E-state index is 12.5. The fourth-order valence-corrected chi connectivity index (χ4v) is 2.25. The highest BCUT2D eigenvalue weighted by atomic mass is 79.9.